The summed E-state index contributed by atoms with van der Waals surface area (Å²) in [5.41, 5.74) is 0.849. The van der Waals surface area contributed by atoms with E-state index in [4.69, 9.17) is 4.74 Å². The second-order valence-corrected chi connectivity index (χ2v) is 14.4. The van der Waals surface area contributed by atoms with Gasteiger partial charge in [-0.3, -0.25) is 9.20 Å². The first kappa shape index (κ1) is 32.3. The number of halogens is 2. The first-order chi connectivity index (χ1) is 21.9. The average molecular weight is 654 g/mol. The van der Waals surface area contributed by atoms with Crippen molar-refractivity contribution in [2.75, 3.05) is 39.3 Å². The van der Waals surface area contributed by atoms with Crippen LogP contribution >= 0.6 is 11.3 Å². The van der Waals surface area contributed by atoms with Gasteiger partial charge in [0.15, 0.2) is 4.96 Å². The van der Waals surface area contributed by atoms with Crippen LogP contribution in [0, 0.1) is 5.82 Å². The highest BCUT2D eigenvalue weighted by atomic mass is 32.1. The Morgan fingerprint density at radius 2 is 1.85 bits per heavy atom. The van der Waals surface area contributed by atoms with E-state index in [0.717, 1.165) is 36.3 Å². The quantitative estimate of drug-likeness (QED) is 0.233. The topological polar surface area (TPSA) is 99.4 Å². The van der Waals surface area contributed by atoms with Crippen molar-refractivity contribution in [2.45, 2.75) is 70.2 Å². The van der Waals surface area contributed by atoms with Crippen LogP contribution in [0.25, 0.3) is 26.4 Å². The summed E-state index contributed by atoms with van der Waals surface area (Å²) in [5.74, 6) is -0.628. The number of rotatable bonds is 7. The molecule has 2 N–H and O–H groups in total. The lowest BCUT2D eigenvalue weighted by Gasteiger charge is -2.39. The smallest absolute Gasteiger partial charge is 0.410 e. The third kappa shape index (κ3) is 7.03. The van der Waals surface area contributed by atoms with Crippen LogP contribution in [0.5, 0.6) is 0 Å². The Kier molecular flexibility index (Phi) is 9.06. The number of aromatic nitrogens is 2. The van der Waals surface area contributed by atoms with Gasteiger partial charge in [-0.05, 0) is 95.3 Å². The molecular weight excluding hydrogens is 612 g/mol. The SMILES string of the molecule is CC(C)(C)OC(=O)N1CCC(O)(c2ccc(-c3cn4c(n3)sc3cc(C(=O)NCCCN5CCC(F)CC5)ccc34)c(F)c2)CC1. The molecule has 2 fully saturated rings. The summed E-state index contributed by atoms with van der Waals surface area (Å²) in [6.07, 6.45) is 3.22. The van der Waals surface area contributed by atoms with Crippen LogP contribution in [0.4, 0.5) is 13.6 Å². The van der Waals surface area contributed by atoms with Gasteiger partial charge in [-0.25, -0.2) is 18.6 Å². The van der Waals surface area contributed by atoms with Crippen LogP contribution in [0.15, 0.2) is 42.6 Å². The number of thiazole rings is 1. The highest BCUT2D eigenvalue weighted by Gasteiger charge is 2.37. The number of hydrogen-bond acceptors (Lipinski definition) is 7. The molecular formula is C34H41F2N5O4S. The van der Waals surface area contributed by atoms with Crippen molar-refractivity contribution in [3.05, 3.63) is 59.5 Å². The minimum absolute atomic E-state index is 0.143. The third-order valence-electron chi connectivity index (χ3n) is 8.83. The van der Waals surface area contributed by atoms with Crippen molar-refractivity contribution in [2.24, 2.45) is 0 Å². The maximum absolute atomic E-state index is 15.5. The molecule has 6 rings (SSSR count). The third-order valence-corrected chi connectivity index (χ3v) is 9.85. The molecule has 0 bridgehead atoms. The Morgan fingerprint density at radius 3 is 2.54 bits per heavy atom. The number of hydrogen-bond donors (Lipinski definition) is 2. The molecule has 0 saturated carbocycles. The second-order valence-electron chi connectivity index (χ2n) is 13.4. The molecule has 4 heterocycles. The van der Waals surface area contributed by atoms with Gasteiger partial charge in [-0.2, -0.15) is 0 Å². The van der Waals surface area contributed by atoms with Gasteiger partial charge in [0.2, 0.25) is 0 Å². The summed E-state index contributed by atoms with van der Waals surface area (Å²) >= 11 is 1.42. The van der Waals surface area contributed by atoms with Crippen molar-refractivity contribution in [3.63, 3.8) is 0 Å². The van der Waals surface area contributed by atoms with Gasteiger partial charge in [-0.1, -0.05) is 17.4 Å². The first-order valence-electron chi connectivity index (χ1n) is 16.0. The summed E-state index contributed by atoms with van der Waals surface area (Å²) in [4.78, 5) is 34.4. The van der Waals surface area contributed by atoms with E-state index in [9.17, 15) is 19.1 Å². The zero-order valence-electron chi connectivity index (χ0n) is 26.5. The van der Waals surface area contributed by atoms with Crippen LogP contribution in [0.2, 0.25) is 0 Å². The molecule has 2 aromatic carbocycles. The lowest BCUT2D eigenvalue weighted by Crippen LogP contribution is -2.46. The first-order valence-corrected chi connectivity index (χ1v) is 16.8. The fourth-order valence-electron chi connectivity index (χ4n) is 6.19. The van der Waals surface area contributed by atoms with E-state index in [1.165, 1.54) is 17.4 Å². The monoisotopic (exact) mass is 653 g/mol. The predicted molar refractivity (Wildman–Crippen MR) is 174 cm³/mol. The molecule has 2 aromatic heterocycles. The summed E-state index contributed by atoms with van der Waals surface area (Å²) in [5, 5.41) is 14.3. The average Bonchev–Trinajstić information content (AvgIpc) is 3.57. The predicted octanol–water partition coefficient (Wildman–Crippen LogP) is 6.13. The number of nitrogens with zero attached hydrogens (tertiary/aromatic N) is 4. The van der Waals surface area contributed by atoms with E-state index >= 15 is 4.39 Å². The lowest BCUT2D eigenvalue weighted by molar-refractivity contribution is -0.0358. The summed E-state index contributed by atoms with van der Waals surface area (Å²) in [7, 11) is 0. The lowest BCUT2D eigenvalue weighted by atomic mass is 9.84. The largest absolute Gasteiger partial charge is 0.444 e. The maximum atomic E-state index is 15.5. The van der Waals surface area contributed by atoms with E-state index in [0.29, 0.717) is 59.8 Å². The highest BCUT2D eigenvalue weighted by molar-refractivity contribution is 7.23. The van der Waals surface area contributed by atoms with Gasteiger partial charge in [0.05, 0.1) is 21.5 Å². The van der Waals surface area contributed by atoms with Crippen molar-refractivity contribution in [1.82, 2.24) is 24.5 Å². The van der Waals surface area contributed by atoms with E-state index in [1.54, 1.807) is 29.3 Å². The molecule has 0 unspecified atom stereocenters. The molecule has 9 nitrogen and oxygen atoms in total. The van der Waals surface area contributed by atoms with E-state index in [-0.39, 0.29) is 18.7 Å². The maximum Gasteiger partial charge on any atom is 0.410 e. The number of amides is 2. The molecule has 2 aliphatic heterocycles. The molecule has 46 heavy (non-hydrogen) atoms. The normalized spacial score (nSPS) is 17.9. The fourth-order valence-corrected chi connectivity index (χ4v) is 7.24. The number of alkyl halides is 1. The van der Waals surface area contributed by atoms with Crippen molar-refractivity contribution in [1.29, 1.82) is 0 Å². The standard InChI is InChI=1S/C34H41F2N5O4S/c1-33(2,3)45-32(43)40-17-11-34(44,12-18-40)23-6-7-25(26(36)20-23)27-21-41-28-8-5-22(19-29(28)46-31(41)38-27)30(42)37-13-4-14-39-15-9-24(35)10-16-39/h5-8,19-21,24,44H,4,9-18H2,1-3H3,(H,37,42). The fraction of sp³-hybridized carbons (Fsp3) is 0.500. The number of ether oxygens (including phenoxy) is 1. The molecule has 4 aromatic rings. The zero-order valence-corrected chi connectivity index (χ0v) is 27.3. The molecule has 0 aliphatic carbocycles. The highest BCUT2D eigenvalue weighted by Crippen LogP contribution is 2.36. The minimum atomic E-state index is -1.25. The van der Waals surface area contributed by atoms with E-state index < -0.39 is 29.3 Å². The van der Waals surface area contributed by atoms with Crippen LogP contribution in [-0.2, 0) is 10.3 Å². The van der Waals surface area contributed by atoms with Gasteiger partial charge in [0.25, 0.3) is 5.91 Å². The molecule has 0 spiro atoms. The van der Waals surface area contributed by atoms with Crippen LogP contribution in [0.3, 0.4) is 0 Å². The van der Waals surface area contributed by atoms with Crippen LogP contribution in [-0.4, -0.2) is 87.3 Å². The Bertz CT molecular complexity index is 1730. The Morgan fingerprint density at radius 1 is 1.11 bits per heavy atom. The molecule has 2 amide bonds. The number of benzene rings is 2. The van der Waals surface area contributed by atoms with E-state index in [1.807, 2.05) is 37.3 Å². The molecule has 2 aliphatic rings. The van der Waals surface area contributed by atoms with Crippen molar-refractivity contribution >= 4 is 38.5 Å². The number of likely N-dealkylation sites (tertiary alicyclic amines) is 2. The molecule has 2 saturated heterocycles. The second kappa shape index (κ2) is 12.9. The Labute approximate surface area is 271 Å². The number of nitrogens with one attached hydrogen (secondary N) is 1. The number of carbonyl (C=O) groups excluding carboxylic acids is 2. The molecule has 0 radical (unpaired) electrons. The number of imidazole rings is 1. The summed E-state index contributed by atoms with van der Waals surface area (Å²) in [6.45, 7) is 8.98. The Balaban J connectivity index is 1.09. The molecule has 0 atom stereocenters. The minimum Gasteiger partial charge on any atom is -0.444 e. The summed E-state index contributed by atoms with van der Waals surface area (Å²) < 4.78 is 37.0. The van der Waals surface area contributed by atoms with Crippen molar-refractivity contribution < 1.29 is 28.2 Å². The van der Waals surface area contributed by atoms with Gasteiger partial charge in [0, 0.05) is 50.0 Å². The van der Waals surface area contributed by atoms with Gasteiger partial charge in [-0.15, -0.1) is 0 Å². The Hall–Kier alpha value is -3.61. The van der Waals surface area contributed by atoms with Crippen LogP contribution < -0.4 is 5.32 Å². The van der Waals surface area contributed by atoms with Gasteiger partial charge < -0.3 is 25.0 Å². The number of piperidine rings is 2. The zero-order chi connectivity index (χ0) is 32.6. The molecule has 12 heteroatoms. The summed E-state index contributed by atoms with van der Waals surface area (Å²) in [6, 6.07) is 10.2. The van der Waals surface area contributed by atoms with Gasteiger partial charge >= 0.3 is 6.09 Å². The van der Waals surface area contributed by atoms with Crippen LogP contribution in [0.1, 0.15) is 68.8 Å². The van der Waals surface area contributed by atoms with Crippen molar-refractivity contribution in [3.8, 4) is 11.3 Å². The van der Waals surface area contributed by atoms with Gasteiger partial charge in [0.1, 0.15) is 17.6 Å². The molecule has 246 valence electrons. The number of aliphatic hydroxyl groups is 1. The number of carbonyl (C=O) groups is 2. The number of fused-ring (bicyclic) bond motifs is 3. The van der Waals surface area contributed by atoms with E-state index in [2.05, 4.69) is 15.2 Å².